The zero-order valence-corrected chi connectivity index (χ0v) is 15.1. The summed E-state index contributed by atoms with van der Waals surface area (Å²) in [5.41, 5.74) is 0. The van der Waals surface area contributed by atoms with Crippen LogP contribution in [0.1, 0.15) is 9.67 Å². The summed E-state index contributed by atoms with van der Waals surface area (Å²) in [6, 6.07) is 2.08. The van der Waals surface area contributed by atoms with Gasteiger partial charge < -0.3 is 4.74 Å². The summed E-state index contributed by atoms with van der Waals surface area (Å²) in [6.45, 7) is 0. The molecule has 2 aromatic heterocycles. The first-order valence-electron chi connectivity index (χ1n) is 5.61. The van der Waals surface area contributed by atoms with E-state index in [1.54, 1.807) is 0 Å². The van der Waals surface area contributed by atoms with Gasteiger partial charge in [-0.3, -0.25) is 10.1 Å². The largest absolute Gasteiger partial charge is 0.465 e. The molecule has 0 amide bonds. The summed E-state index contributed by atoms with van der Waals surface area (Å²) in [5.74, 6) is -0.866. The van der Waals surface area contributed by atoms with Crippen LogP contribution in [0.25, 0.3) is 0 Å². The van der Waals surface area contributed by atoms with Crippen molar-refractivity contribution in [2.75, 3.05) is 7.11 Å². The first-order chi connectivity index (χ1) is 10.7. The lowest BCUT2D eigenvalue weighted by Crippen LogP contribution is -2.04. The van der Waals surface area contributed by atoms with Gasteiger partial charge in [0.05, 0.1) is 21.4 Å². The topological polar surface area (TPSA) is 116 Å². The molecule has 23 heavy (non-hydrogen) atoms. The summed E-state index contributed by atoms with van der Waals surface area (Å²) < 4.78 is 29.9. The van der Waals surface area contributed by atoms with Gasteiger partial charge in [-0.25, -0.2) is 18.2 Å². The van der Waals surface area contributed by atoms with Crippen molar-refractivity contribution in [1.82, 2.24) is 4.98 Å². The van der Waals surface area contributed by atoms with Gasteiger partial charge in [-0.15, -0.1) is 0 Å². The SMILES string of the molecule is COC(=O)c1cc(S(=O)(=O)c2cnc(Cl)c(Br)c2)c([N+](=O)[O-])s1. The molecule has 2 heterocycles. The van der Waals surface area contributed by atoms with Gasteiger partial charge in [0.1, 0.15) is 10.0 Å². The number of esters is 1. The van der Waals surface area contributed by atoms with Crippen LogP contribution in [0.4, 0.5) is 5.00 Å². The highest BCUT2D eigenvalue weighted by Gasteiger charge is 2.33. The maximum Gasteiger partial charge on any atom is 0.348 e. The Labute approximate surface area is 147 Å². The van der Waals surface area contributed by atoms with Crippen LogP contribution in [-0.4, -0.2) is 31.4 Å². The molecule has 0 unspecified atom stereocenters. The molecule has 2 rings (SSSR count). The minimum absolute atomic E-state index is 0.0408. The molecule has 2 aromatic rings. The van der Waals surface area contributed by atoms with Gasteiger partial charge in [0.15, 0.2) is 4.90 Å². The van der Waals surface area contributed by atoms with Crippen molar-refractivity contribution in [3.8, 4) is 0 Å². The molecule has 0 aliphatic heterocycles. The maximum absolute atomic E-state index is 12.6. The fourth-order valence-corrected chi connectivity index (χ4v) is 4.78. The monoisotopic (exact) mass is 440 g/mol. The molecule has 0 saturated carbocycles. The van der Waals surface area contributed by atoms with Crippen LogP contribution in [0.15, 0.2) is 32.6 Å². The van der Waals surface area contributed by atoms with E-state index in [-0.39, 0.29) is 19.4 Å². The van der Waals surface area contributed by atoms with Gasteiger partial charge in [0, 0.05) is 6.20 Å². The number of methoxy groups -OCH3 is 1. The number of hydrogen-bond donors (Lipinski definition) is 0. The molecule has 0 atom stereocenters. The van der Waals surface area contributed by atoms with Crippen LogP contribution >= 0.6 is 38.9 Å². The number of nitrogens with zero attached hydrogens (tertiary/aromatic N) is 2. The van der Waals surface area contributed by atoms with Gasteiger partial charge in [-0.2, -0.15) is 0 Å². The first kappa shape index (κ1) is 17.8. The molecule has 0 bridgehead atoms. The number of carbonyl (C=O) groups is 1. The number of sulfone groups is 1. The van der Waals surface area contributed by atoms with Crippen LogP contribution < -0.4 is 0 Å². The van der Waals surface area contributed by atoms with E-state index in [0.29, 0.717) is 11.3 Å². The van der Waals surface area contributed by atoms with E-state index in [1.807, 2.05) is 0 Å². The van der Waals surface area contributed by atoms with Gasteiger partial charge in [0.2, 0.25) is 9.84 Å². The number of rotatable bonds is 4. The summed E-state index contributed by atoms with van der Waals surface area (Å²) in [4.78, 5) is 24.3. The first-order valence-corrected chi connectivity index (χ1v) is 9.08. The number of carbonyl (C=O) groups excluding carboxylic acids is 1. The zero-order valence-electron chi connectivity index (χ0n) is 11.1. The number of aromatic nitrogens is 1. The van der Waals surface area contributed by atoms with Crippen molar-refractivity contribution in [3.63, 3.8) is 0 Å². The van der Waals surface area contributed by atoms with Crippen LogP contribution in [0.3, 0.4) is 0 Å². The van der Waals surface area contributed by atoms with E-state index in [2.05, 4.69) is 25.7 Å². The van der Waals surface area contributed by atoms with E-state index in [9.17, 15) is 23.3 Å². The number of hydrogen-bond acceptors (Lipinski definition) is 8. The number of pyridine rings is 1. The Morgan fingerprint density at radius 3 is 2.65 bits per heavy atom. The average Bonchev–Trinajstić information content (AvgIpc) is 2.95. The van der Waals surface area contributed by atoms with E-state index in [4.69, 9.17) is 11.6 Å². The van der Waals surface area contributed by atoms with Crippen molar-refractivity contribution >= 4 is 59.7 Å². The van der Waals surface area contributed by atoms with E-state index in [1.165, 1.54) is 6.07 Å². The van der Waals surface area contributed by atoms with Crippen molar-refractivity contribution in [2.45, 2.75) is 9.79 Å². The minimum Gasteiger partial charge on any atom is -0.465 e. The highest BCUT2D eigenvalue weighted by atomic mass is 79.9. The second-order valence-electron chi connectivity index (χ2n) is 3.98. The Balaban J connectivity index is 2.67. The molecule has 0 saturated heterocycles. The van der Waals surface area contributed by atoms with E-state index in [0.717, 1.165) is 19.4 Å². The third-order valence-corrected chi connectivity index (χ3v) is 6.67. The second kappa shape index (κ2) is 6.51. The molecular formula is C11H6BrClN2O6S2. The highest BCUT2D eigenvalue weighted by Crippen LogP contribution is 2.38. The predicted octanol–water partition coefficient (Wildman–Crippen LogP) is 3.09. The van der Waals surface area contributed by atoms with Crippen molar-refractivity contribution in [3.05, 3.63) is 42.9 Å². The molecule has 8 nitrogen and oxygen atoms in total. The molecule has 0 radical (unpaired) electrons. The minimum atomic E-state index is -4.26. The van der Waals surface area contributed by atoms with Crippen molar-refractivity contribution in [1.29, 1.82) is 0 Å². The average molecular weight is 442 g/mol. The zero-order chi connectivity index (χ0) is 17.4. The number of nitro groups is 1. The molecule has 0 fully saturated rings. The van der Waals surface area contributed by atoms with Crippen molar-refractivity contribution in [2.24, 2.45) is 0 Å². The maximum atomic E-state index is 12.6. The number of thiophene rings is 1. The Hall–Kier alpha value is -1.56. The predicted molar refractivity (Wildman–Crippen MR) is 84.7 cm³/mol. The molecule has 0 spiro atoms. The summed E-state index contributed by atoms with van der Waals surface area (Å²) in [6.07, 6.45) is 0.974. The fraction of sp³-hybridized carbons (Fsp3) is 0.0909. The standard InChI is InChI=1S/C11H6BrClN2O6S2/c1-21-11(16)7-3-8(10(22-7)15(17)18)23(19,20)5-2-6(12)9(13)14-4-5/h2-4H,1H3. The Morgan fingerprint density at radius 1 is 1.48 bits per heavy atom. The van der Waals surface area contributed by atoms with Gasteiger partial charge in [-0.1, -0.05) is 22.9 Å². The third kappa shape index (κ3) is 3.37. The lowest BCUT2D eigenvalue weighted by molar-refractivity contribution is -0.383. The molecular weight excluding hydrogens is 436 g/mol. The third-order valence-electron chi connectivity index (χ3n) is 2.60. The summed E-state index contributed by atoms with van der Waals surface area (Å²) >= 11 is 9.15. The lowest BCUT2D eigenvalue weighted by atomic mass is 10.5. The van der Waals surface area contributed by atoms with Gasteiger partial charge >= 0.3 is 11.0 Å². The quantitative estimate of drug-likeness (QED) is 0.310. The molecule has 0 aliphatic carbocycles. The van der Waals surface area contributed by atoms with Crippen molar-refractivity contribution < 1.29 is 22.9 Å². The number of ether oxygens (including phenoxy) is 1. The molecule has 0 aliphatic rings. The lowest BCUT2D eigenvalue weighted by Gasteiger charge is -2.03. The normalized spacial score (nSPS) is 11.3. The van der Waals surface area contributed by atoms with E-state index < -0.39 is 30.6 Å². The van der Waals surface area contributed by atoms with Crippen LogP contribution in [0.2, 0.25) is 5.15 Å². The second-order valence-corrected chi connectivity index (χ2v) is 8.14. The molecule has 0 N–H and O–H groups in total. The number of halogens is 2. The molecule has 122 valence electrons. The van der Waals surface area contributed by atoms with Crippen LogP contribution in [0, 0.1) is 10.1 Å². The van der Waals surface area contributed by atoms with Gasteiger partial charge in [-0.05, 0) is 28.1 Å². The van der Waals surface area contributed by atoms with Crippen LogP contribution in [-0.2, 0) is 14.6 Å². The Morgan fingerprint density at radius 2 is 2.13 bits per heavy atom. The Kier molecular flexibility index (Phi) is 5.04. The van der Waals surface area contributed by atoms with E-state index >= 15 is 0 Å². The summed E-state index contributed by atoms with van der Waals surface area (Å²) in [7, 11) is -3.18. The molecule has 12 heteroatoms. The molecule has 0 aromatic carbocycles. The summed E-state index contributed by atoms with van der Waals surface area (Å²) in [5, 5.41) is 10.5. The fourth-order valence-electron chi connectivity index (χ4n) is 1.56. The van der Waals surface area contributed by atoms with Crippen LogP contribution in [0.5, 0.6) is 0 Å². The smallest absolute Gasteiger partial charge is 0.348 e. The highest BCUT2D eigenvalue weighted by molar-refractivity contribution is 9.10. The van der Waals surface area contributed by atoms with Gasteiger partial charge in [0.25, 0.3) is 0 Å². The Bertz CT molecular complexity index is 911.